The third kappa shape index (κ3) is 5.80. The highest BCUT2D eigenvalue weighted by atomic mass is 15.1. The molecule has 4 aliphatic carbocycles. The van der Waals surface area contributed by atoms with Crippen LogP contribution in [0.1, 0.15) is 61.8 Å². The van der Waals surface area contributed by atoms with Crippen LogP contribution in [0.25, 0.3) is 66.1 Å². The molecule has 2 nitrogen and oxygen atoms in total. The minimum atomic E-state index is -0.142. The van der Waals surface area contributed by atoms with Crippen molar-refractivity contribution in [2.75, 3.05) is 4.90 Å². The summed E-state index contributed by atoms with van der Waals surface area (Å²) in [7, 11) is 0. The van der Waals surface area contributed by atoms with Crippen molar-refractivity contribution in [1.82, 2.24) is 4.57 Å². The number of benzene rings is 8. The zero-order valence-corrected chi connectivity index (χ0v) is 36.9. The molecule has 0 N–H and O–H groups in total. The molecule has 0 spiro atoms. The maximum atomic E-state index is 2.52. The second kappa shape index (κ2) is 14.7. The molecule has 13 rings (SSSR count). The van der Waals surface area contributed by atoms with Gasteiger partial charge in [0.05, 0.1) is 16.7 Å². The van der Waals surface area contributed by atoms with Crippen molar-refractivity contribution in [2.24, 2.45) is 0 Å². The van der Waals surface area contributed by atoms with Crippen LogP contribution in [0.2, 0.25) is 0 Å². The van der Waals surface area contributed by atoms with Crippen LogP contribution in [-0.4, -0.2) is 4.57 Å². The van der Waals surface area contributed by atoms with Gasteiger partial charge in [-0.15, -0.1) is 0 Å². The SMILES string of the molecule is CC1(C)c2ccccc2-c2ccc(N(c3ccc4c(c3)/C(=C(/C3=CCCC=C3)C3=CC=CCC3)c3ccccc3-4)c3ccc4c(c3)c3ccccc3n4-c3cccc4ccccc34)cc21. The summed E-state index contributed by atoms with van der Waals surface area (Å²) < 4.78 is 2.46. The monoisotopic (exact) mass is 832 g/mol. The minimum absolute atomic E-state index is 0.142. The Morgan fingerprint density at radius 1 is 0.508 bits per heavy atom. The van der Waals surface area contributed by atoms with Crippen molar-refractivity contribution in [2.45, 2.75) is 44.9 Å². The zero-order chi connectivity index (χ0) is 43.2. The molecule has 8 aromatic carbocycles. The van der Waals surface area contributed by atoms with Gasteiger partial charge in [-0.25, -0.2) is 0 Å². The van der Waals surface area contributed by atoms with Crippen LogP contribution in [0.4, 0.5) is 17.1 Å². The molecule has 65 heavy (non-hydrogen) atoms. The summed E-state index contributed by atoms with van der Waals surface area (Å²) in [5.41, 5.74) is 23.0. The highest BCUT2D eigenvalue weighted by Gasteiger charge is 2.36. The zero-order valence-electron chi connectivity index (χ0n) is 36.9. The topological polar surface area (TPSA) is 8.17 Å². The molecule has 0 saturated carbocycles. The molecule has 1 heterocycles. The lowest BCUT2D eigenvalue weighted by Crippen LogP contribution is -2.16. The van der Waals surface area contributed by atoms with Gasteiger partial charge in [-0.1, -0.05) is 166 Å². The highest BCUT2D eigenvalue weighted by molar-refractivity contribution is 6.12. The van der Waals surface area contributed by atoms with Crippen molar-refractivity contribution in [3.8, 4) is 27.9 Å². The molecular formula is C63H48N2. The number of hydrogen-bond donors (Lipinski definition) is 0. The Hall–Kier alpha value is -7.68. The Morgan fingerprint density at radius 3 is 2.03 bits per heavy atom. The fourth-order valence-corrected chi connectivity index (χ4v) is 11.6. The van der Waals surface area contributed by atoms with Crippen LogP contribution >= 0.6 is 0 Å². The highest BCUT2D eigenvalue weighted by Crippen LogP contribution is 2.54. The van der Waals surface area contributed by atoms with Crippen molar-refractivity contribution in [3.63, 3.8) is 0 Å². The van der Waals surface area contributed by atoms with Gasteiger partial charge in [0.1, 0.15) is 0 Å². The summed E-state index contributed by atoms with van der Waals surface area (Å²) in [6.07, 6.45) is 18.3. The van der Waals surface area contributed by atoms with E-state index in [2.05, 4.69) is 230 Å². The Bertz CT molecular complexity index is 3630. The minimum Gasteiger partial charge on any atom is -0.310 e. The van der Waals surface area contributed by atoms with Crippen LogP contribution in [0.5, 0.6) is 0 Å². The average molecular weight is 833 g/mol. The van der Waals surface area contributed by atoms with Crippen LogP contribution in [-0.2, 0) is 5.41 Å². The fraction of sp³-hybridized carbons (Fsp3) is 0.111. The van der Waals surface area contributed by atoms with Crippen LogP contribution in [0.15, 0.2) is 223 Å². The first-order valence-electron chi connectivity index (χ1n) is 23.3. The summed E-state index contributed by atoms with van der Waals surface area (Å²) in [4.78, 5) is 2.52. The number of allylic oxidation sites excluding steroid dienone is 9. The first-order chi connectivity index (χ1) is 32.0. The van der Waals surface area contributed by atoms with Crippen molar-refractivity contribution >= 4 is 55.2 Å². The first kappa shape index (κ1) is 37.8. The van der Waals surface area contributed by atoms with Gasteiger partial charge >= 0.3 is 0 Å². The lowest BCUT2D eigenvalue weighted by atomic mass is 9.82. The summed E-state index contributed by atoms with van der Waals surface area (Å²) in [6.45, 7) is 4.77. The molecule has 0 amide bonds. The van der Waals surface area contributed by atoms with E-state index in [1.54, 1.807) is 0 Å². The summed E-state index contributed by atoms with van der Waals surface area (Å²) in [6, 6.07) is 63.9. The molecule has 9 aromatic rings. The summed E-state index contributed by atoms with van der Waals surface area (Å²) >= 11 is 0. The molecule has 1 aromatic heterocycles. The van der Waals surface area contributed by atoms with Gasteiger partial charge in [-0.2, -0.15) is 0 Å². The molecule has 0 radical (unpaired) electrons. The molecule has 0 saturated heterocycles. The van der Waals surface area contributed by atoms with Crippen LogP contribution < -0.4 is 4.90 Å². The number of rotatable bonds is 6. The molecule has 310 valence electrons. The number of hydrogen-bond acceptors (Lipinski definition) is 1. The summed E-state index contributed by atoms with van der Waals surface area (Å²) in [5.74, 6) is 0. The number of fused-ring (bicyclic) bond motifs is 10. The second-order valence-corrected chi connectivity index (χ2v) is 18.6. The molecule has 0 fully saturated rings. The van der Waals surface area contributed by atoms with E-state index < -0.39 is 0 Å². The predicted molar refractivity (Wildman–Crippen MR) is 275 cm³/mol. The number of nitrogens with zero attached hydrogens (tertiary/aromatic N) is 2. The van der Waals surface area contributed by atoms with Gasteiger partial charge in [0.25, 0.3) is 0 Å². The second-order valence-electron chi connectivity index (χ2n) is 18.6. The van der Waals surface area contributed by atoms with Gasteiger partial charge in [-0.3, -0.25) is 0 Å². The quantitative estimate of drug-likeness (QED) is 0.162. The van der Waals surface area contributed by atoms with Crippen LogP contribution in [0.3, 0.4) is 0 Å². The third-order valence-corrected chi connectivity index (χ3v) is 14.6. The Labute approximate surface area is 381 Å². The Balaban J connectivity index is 1.07. The standard InChI is InChI=1S/C63H48N2/c1-63(2)56-29-15-13-26-50(56)51-36-33-46(40-57(51)63)64(45-34-37-60-54(38-45)52-27-14-16-30-59(52)65(60)58-31-17-23-41-18-9-10-24-47(41)58)44-32-35-49-48-25-11-12-28-53(48)62(55(49)39-44)61(42-19-5-3-6-20-42)43-21-7-4-8-22-43/h3,5,7,9-19,21-40H,4,6,8,20H2,1-2H3/b62-61+. The van der Waals surface area contributed by atoms with Crippen molar-refractivity contribution in [3.05, 3.63) is 245 Å². The van der Waals surface area contributed by atoms with E-state index in [1.165, 1.54) is 105 Å². The molecular weight excluding hydrogens is 785 g/mol. The lowest BCUT2D eigenvalue weighted by Gasteiger charge is -2.29. The number of anilines is 3. The third-order valence-electron chi connectivity index (χ3n) is 14.6. The van der Waals surface area contributed by atoms with E-state index in [1.807, 2.05) is 0 Å². The normalized spacial score (nSPS) is 16.3. The fourth-order valence-electron chi connectivity index (χ4n) is 11.6. The smallest absolute Gasteiger partial charge is 0.0542 e. The Morgan fingerprint density at radius 2 is 1.18 bits per heavy atom. The average Bonchev–Trinajstić information content (AvgIpc) is 3.94. The number of para-hydroxylation sites is 1. The van der Waals surface area contributed by atoms with E-state index >= 15 is 0 Å². The molecule has 4 aliphatic rings. The van der Waals surface area contributed by atoms with E-state index in [-0.39, 0.29) is 5.41 Å². The van der Waals surface area contributed by atoms with Gasteiger partial charge < -0.3 is 9.47 Å². The van der Waals surface area contributed by atoms with Gasteiger partial charge in [0, 0.05) is 38.6 Å². The van der Waals surface area contributed by atoms with E-state index in [4.69, 9.17) is 0 Å². The van der Waals surface area contributed by atoms with Crippen molar-refractivity contribution < 1.29 is 0 Å². The van der Waals surface area contributed by atoms with E-state index in [0.29, 0.717) is 0 Å². The molecule has 0 atom stereocenters. The predicted octanol–water partition coefficient (Wildman–Crippen LogP) is 17.0. The van der Waals surface area contributed by atoms with Gasteiger partial charge in [-0.05, 0) is 152 Å². The summed E-state index contributed by atoms with van der Waals surface area (Å²) in [5, 5.41) is 4.95. The maximum Gasteiger partial charge on any atom is 0.0542 e. The van der Waals surface area contributed by atoms with Gasteiger partial charge in [0.2, 0.25) is 0 Å². The molecule has 0 aliphatic heterocycles. The maximum absolute atomic E-state index is 2.52. The Kier molecular flexibility index (Phi) is 8.55. The van der Waals surface area contributed by atoms with Crippen LogP contribution in [0, 0.1) is 0 Å². The molecule has 0 bridgehead atoms. The number of aromatic nitrogens is 1. The van der Waals surface area contributed by atoms with E-state index in [0.717, 1.165) is 42.7 Å². The molecule has 2 heteroatoms. The largest absolute Gasteiger partial charge is 0.310 e. The first-order valence-corrected chi connectivity index (χ1v) is 23.3. The van der Waals surface area contributed by atoms with Gasteiger partial charge in [0.15, 0.2) is 0 Å². The van der Waals surface area contributed by atoms with E-state index in [9.17, 15) is 0 Å². The van der Waals surface area contributed by atoms with Crippen molar-refractivity contribution in [1.29, 1.82) is 0 Å². The molecule has 0 unspecified atom stereocenters. The lowest BCUT2D eigenvalue weighted by molar-refractivity contribution is 0.660.